The summed E-state index contributed by atoms with van der Waals surface area (Å²) in [6, 6.07) is 15.3. The van der Waals surface area contributed by atoms with Gasteiger partial charge in [0.2, 0.25) is 0 Å². The first-order chi connectivity index (χ1) is 9.22. The molecule has 94 valence electrons. The van der Waals surface area contributed by atoms with Gasteiger partial charge in [-0.15, -0.1) is 0 Å². The number of aromatic nitrogens is 1. The summed E-state index contributed by atoms with van der Waals surface area (Å²) >= 11 is 0. The van der Waals surface area contributed by atoms with E-state index in [0.717, 1.165) is 5.56 Å². The highest BCUT2D eigenvalue weighted by atomic mass is 19.1. The first-order valence-electron chi connectivity index (χ1n) is 5.81. The smallest absolute Gasteiger partial charge is 0.167 e. The van der Waals surface area contributed by atoms with Gasteiger partial charge in [-0.3, -0.25) is 0 Å². The molecule has 0 aliphatic carbocycles. The van der Waals surface area contributed by atoms with Crippen molar-refractivity contribution in [2.75, 3.05) is 5.73 Å². The molecule has 0 fully saturated rings. The van der Waals surface area contributed by atoms with Crippen LogP contribution < -0.4 is 5.73 Å². The second-order valence-electron chi connectivity index (χ2n) is 4.21. The minimum atomic E-state index is -0.303. The number of nitrogens with zero attached hydrogens (tertiary/aromatic N) is 1. The predicted octanol–water partition coefficient (Wildman–Crippen LogP) is 3.73. The Morgan fingerprint density at radius 3 is 2.47 bits per heavy atom. The molecule has 0 radical (unpaired) electrons. The van der Waals surface area contributed by atoms with E-state index in [1.165, 1.54) is 12.1 Å². The van der Waals surface area contributed by atoms with Crippen molar-refractivity contribution in [1.82, 2.24) is 5.16 Å². The largest absolute Gasteiger partial charge is 0.399 e. The first-order valence-corrected chi connectivity index (χ1v) is 5.81. The standard InChI is InChI=1S/C15H11FN2O/c16-12-3-1-2-11(8-12)15-9-14(18-19-15)10-4-6-13(17)7-5-10/h1-9H,17H2. The lowest BCUT2D eigenvalue weighted by molar-refractivity contribution is 0.434. The summed E-state index contributed by atoms with van der Waals surface area (Å²) in [5, 5.41) is 3.98. The maximum Gasteiger partial charge on any atom is 0.167 e. The Hall–Kier alpha value is -2.62. The number of nitrogen functional groups attached to an aromatic ring is 1. The monoisotopic (exact) mass is 254 g/mol. The number of anilines is 1. The molecule has 0 unspecified atom stereocenters. The molecule has 3 aromatic rings. The maximum atomic E-state index is 13.2. The van der Waals surface area contributed by atoms with Crippen LogP contribution in [-0.2, 0) is 0 Å². The van der Waals surface area contributed by atoms with Crippen LogP contribution in [0.5, 0.6) is 0 Å². The van der Waals surface area contributed by atoms with Crippen LogP contribution in [0.15, 0.2) is 59.1 Å². The highest BCUT2D eigenvalue weighted by Crippen LogP contribution is 2.26. The van der Waals surface area contributed by atoms with Crippen molar-refractivity contribution in [3.05, 3.63) is 60.4 Å². The third kappa shape index (κ3) is 2.33. The molecule has 0 spiro atoms. The van der Waals surface area contributed by atoms with E-state index in [9.17, 15) is 4.39 Å². The summed E-state index contributed by atoms with van der Waals surface area (Å²) in [6.45, 7) is 0. The molecule has 0 aliphatic rings. The Morgan fingerprint density at radius 1 is 0.947 bits per heavy atom. The van der Waals surface area contributed by atoms with E-state index in [1.807, 2.05) is 12.1 Å². The Morgan fingerprint density at radius 2 is 1.74 bits per heavy atom. The highest BCUT2D eigenvalue weighted by Gasteiger charge is 2.08. The number of nitrogens with two attached hydrogens (primary N) is 1. The number of hydrogen-bond acceptors (Lipinski definition) is 3. The quantitative estimate of drug-likeness (QED) is 0.709. The zero-order valence-corrected chi connectivity index (χ0v) is 10.0. The fourth-order valence-corrected chi connectivity index (χ4v) is 1.84. The van der Waals surface area contributed by atoms with Gasteiger partial charge in [0.1, 0.15) is 11.5 Å². The predicted molar refractivity (Wildman–Crippen MR) is 71.7 cm³/mol. The van der Waals surface area contributed by atoms with Gasteiger partial charge in [-0.05, 0) is 24.3 Å². The normalized spacial score (nSPS) is 10.6. The Bertz CT molecular complexity index is 704. The van der Waals surface area contributed by atoms with Crippen LogP contribution in [0, 0.1) is 5.82 Å². The van der Waals surface area contributed by atoms with Gasteiger partial charge >= 0.3 is 0 Å². The Kier molecular flexibility index (Phi) is 2.76. The lowest BCUT2D eigenvalue weighted by Crippen LogP contribution is -1.83. The molecule has 0 atom stereocenters. The Balaban J connectivity index is 1.97. The van der Waals surface area contributed by atoms with Gasteiger partial charge in [-0.25, -0.2) is 4.39 Å². The average Bonchev–Trinajstić information content (AvgIpc) is 2.89. The van der Waals surface area contributed by atoms with Crippen LogP contribution in [0.4, 0.5) is 10.1 Å². The molecule has 0 aliphatic heterocycles. The number of benzene rings is 2. The molecule has 0 saturated carbocycles. The van der Waals surface area contributed by atoms with Crippen LogP contribution in [0.1, 0.15) is 0 Å². The maximum absolute atomic E-state index is 13.2. The van der Waals surface area contributed by atoms with Crippen molar-refractivity contribution >= 4 is 5.69 Å². The van der Waals surface area contributed by atoms with Crippen molar-refractivity contribution in [3.63, 3.8) is 0 Å². The molecule has 1 heterocycles. The zero-order valence-electron chi connectivity index (χ0n) is 10.0. The van der Waals surface area contributed by atoms with Gasteiger partial charge in [0.25, 0.3) is 0 Å². The number of halogens is 1. The van der Waals surface area contributed by atoms with E-state index < -0.39 is 0 Å². The molecule has 4 heteroatoms. The molecule has 0 saturated heterocycles. The third-order valence-corrected chi connectivity index (χ3v) is 2.83. The fraction of sp³-hybridized carbons (Fsp3) is 0. The summed E-state index contributed by atoms with van der Waals surface area (Å²) in [5.74, 6) is 0.231. The molecule has 1 aromatic heterocycles. The lowest BCUT2D eigenvalue weighted by atomic mass is 10.1. The summed E-state index contributed by atoms with van der Waals surface area (Å²) in [5.41, 5.74) is 8.58. The van der Waals surface area contributed by atoms with E-state index in [4.69, 9.17) is 10.3 Å². The van der Waals surface area contributed by atoms with Crippen molar-refractivity contribution < 1.29 is 8.91 Å². The van der Waals surface area contributed by atoms with E-state index in [1.54, 1.807) is 30.3 Å². The van der Waals surface area contributed by atoms with Crippen LogP contribution in [0.2, 0.25) is 0 Å². The van der Waals surface area contributed by atoms with Crippen molar-refractivity contribution in [3.8, 4) is 22.6 Å². The topological polar surface area (TPSA) is 52.0 Å². The molecule has 2 aromatic carbocycles. The second-order valence-corrected chi connectivity index (χ2v) is 4.21. The van der Waals surface area contributed by atoms with Gasteiger partial charge in [-0.2, -0.15) is 0 Å². The lowest BCUT2D eigenvalue weighted by Gasteiger charge is -1.95. The second kappa shape index (κ2) is 4.57. The molecule has 3 nitrogen and oxygen atoms in total. The van der Waals surface area contributed by atoms with Crippen LogP contribution in [0.25, 0.3) is 22.6 Å². The molecular weight excluding hydrogens is 243 g/mol. The molecule has 0 amide bonds. The van der Waals surface area contributed by atoms with Crippen LogP contribution >= 0.6 is 0 Å². The van der Waals surface area contributed by atoms with E-state index in [2.05, 4.69) is 5.16 Å². The van der Waals surface area contributed by atoms with E-state index in [0.29, 0.717) is 22.7 Å². The van der Waals surface area contributed by atoms with Gasteiger partial charge in [0.15, 0.2) is 5.76 Å². The summed E-state index contributed by atoms with van der Waals surface area (Å²) in [4.78, 5) is 0. The van der Waals surface area contributed by atoms with Gasteiger partial charge < -0.3 is 10.3 Å². The van der Waals surface area contributed by atoms with E-state index in [-0.39, 0.29) is 5.82 Å². The van der Waals surface area contributed by atoms with Crippen molar-refractivity contribution in [2.24, 2.45) is 0 Å². The molecule has 2 N–H and O–H groups in total. The molecule has 19 heavy (non-hydrogen) atoms. The van der Waals surface area contributed by atoms with E-state index >= 15 is 0 Å². The summed E-state index contributed by atoms with van der Waals surface area (Å²) in [7, 11) is 0. The minimum absolute atomic E-state index is 0.303. The number of hydrogen-bond donors (Lipinski definition) is 1. The van der Waals surface area contributed by atoms with Crippen LogP contribution in [0.3, 0.4) is 0 Å². The van der Waals surface area contributed by atoms with Gasteiger partial charge in [-0.1, -0.05) is 29.4 Å². The molecule has 3 rings (SSSR count). The first kappa shape index (κ1) is 11.5. The zero-order chi connectivity index (χ0) is 13.2. The summed E-state index contributed by atoms with van der Waals surface area (Å²) < 4.78 is 18.4. The van der Waals surface area contributed by atoms with Gasteiger partial charge in [0.05, 0.1) is 0 Å². The molecular formula is C15H11FN2O. The highest BCUT2D eigenvalue weighted by molar-refractivity contribution is 5.67. The minimum Gasteiger partial charge on any atom is -0.399 e. The fourth-order valence-electron chi connectivity index (χ4n) is 1.84. The third-order valence-electron chi connectivity index (χ3n) is 2.83. The van der Waals surface area contributed by atoms with Crippen molar-refractivity contribution in [2.45, 2.75) is 0 Å². The Labute approximate surface area is 109 Å². The van der Waals surface area contributed by atoms with Crippen LogP contribution in [-0.4, -0.2) is 5.16 Å². The van der Waals surface area contributed by atoms with Gasteiger partial charge in [0, 0.05) is 22.9 Å². The summed E-state index contributed by atoms with van der Waals surface area (Å²) in [6.07, 6.45) is 0. The molecule has 0 bridgehead atoms. The average molecular weight is 254 g/mol. The SMILES string of the molecule is Nc1ccc(-c2cc(-c3cccc(F)c3)on2)cc1. The van der Waals surface area contributed by atoms with Crippen molar-refractivity contribution in [1.29, 1.82) is 0 Å². The number of rotatable bonds is 2.